The van der Waals surface area contributed by atoms with E-state index in [2.05, 4.69) is 26.0 Å². The molecular formula is C13H11BrN4. The smallest absolute Gasteiger partial charge is 0.183 e. The highest BCUT2D eigenvalue weighted by Crippen LogP contribution is 2.25. The number of nitrogens with two attached hydrogens (primary N) is 1. The van der Waals surface area contributed by atoms with Crippen LogP contribution in [0.5, 0.6) is 0 Å². The number of hydrogen-bond donors (Lipinski definition) is 1. The van der Waals surface area contributed by atoms with Gasteiger partial charge in [-0.05, 0) is 23.8 Å². The van der Waals surface area contributed by atoms with Crippen molar-refractivity contribution >= 4 is 21.6 Å². The van der Waals surface area contributed by atoms with E-state index in [0.717, 1.165) is 21.2 Å². The highest BCUT2D eigenvalue weighted by Gasteiger charge is 2.09. The first-order valence-electron chi connectivity index (χ1n) is 5.58. The van der Waals surface area contributed by atoms with Gasteiger partial charge in [-0.15, -0.1) is 5.10 Å². The molecule has 0 aliphatic heterocycles. The summed E-state index contributed by atoms with van der Waals surface area (Å²) < 4.78 is 2.75. The van der Waals surface area contributed by atoms with Gasteiger partial charge in [-0.25, -0.2) is 9.50 Å². The van der Waals surface area contributed by atoms with Gasteiger partial charge in [0.05, 0.1) is 0 Å². The summed E-state index contributed by atoms with van der Waals surface area (Å²) in [6.45, 7) is 0.500. The number of rotatable bonds is 2. The van der Waals surface area contributed by atoms with Gasteiger partial charge in [0.2, 0.25) is 0 Å². The molecule has 3 aromatic rings. The van der Waals surface area contributed by atoms with E-state index < -0.39 is 0 Å². The van der Waals surface area contributed by atoms with Gasteiger partial charge in [0, 0.05) is 22.8 Å². The number of pyridine rings is 1. The van der Waals surface area contributed by atoms with Crippen molar-refractivity contribution in [2.75, 3.05) is 0 Å². The Balaban J connectivity index is 2.17. The van der Waals surface area contributed by atoms with Crippen molar-refractivity contribution in [1.29, 1.82) is 0 Å². The van der Waals surface area contributed by atoms with Crippen molar-refractivity contribution < 1.29 is 0 Å². The Morgan fingerprint density at radius 2 is 2.00 bits per heavy atom. The number of nitrogens with zero attached hydrogens (tertiary/aromatic N) is 3. The molecule has 0 fully saturated rings. The van der Waals surface area contributed by atoms with Crippen LogP contribution >= 0.6 is 15.9 Å². The number of fused-ring (bicyclic) bond motifs is 1. The summed E-state index contributed by atoms with van der Waals surface area (Å²) >= 11 is 3.51. The number of hydrogen-bond acceptors (Lipinski definition) is 3. The van der Waals surface area contributed by atoms with Gasteiger partial charge in [-0.2, -0.15) is 0 Å². The lowest BCUT2D eigenvalue weighted by atomic mass is 10.2. The van der Waals surface area contributed by atoms with Gasteiger partial charge in [-0.1, -0.05) is 34.1 Å². The summed E-state index contributed by atoms with van der Waals surface area (Å²) in [5.74, 6) is 0.705. The SMILES string of the molecule is NCc1ccc2nc(-c3ccccc3Br)nn2c1. The van der Waals surface area contributed by atoms with E-state index in [0.29, 0.717) is 12.4 Å². The zero-order valence-corrected chi connectivity index (χ0v) is 11.1. The predicted molar refractivity (Wildman–Crippen MR) is 74.0 cm³/mol. The average Bonchev–Trinajstić information content (AvgIpc) is 2.81. The first-order chi connectivity index (χ1) is 8.78. The third kappa shape index (κ3) is 1.91. The predicted octanol–water partition coefficient (Wildman–Crippen LogP) is 2.62. The molecule has 0 spiro atoms. The maximum absolute atomic E-state index is 5.61. The summed E-state index contributed by atoms with van der Waals surface area (Å²) in [7, 11) is 0. The topological polar surface area (TPSA) is 56.2 Å². The van der Waals surface area contributed by atoms with Crippen molar-refractivity contribution in [3.8, 4) is 11.4 Å². The molecule has 0 atom stereocenters. The lowest BCUT2D eigenvalue weighted by Gasteiger charge is -1.97. The van der Waals surface area contributed by atoms with Crippen LogP contribution in [0.2, 0.25) is 0 Å². The van der Waals surface area contributed by atoms with Crippen LogP contribution in [0.15, 0.2) is 47.1 Å². The highest BCUT2D eigenvalue weighted by molar-refractivity contribution is 9.10. The number of aromatic nitrogens is 3. The van der Waals surface area contributed by atoms with Gasteiger partial charge in [-0.3, -0.25) is 0 Å². The zero-order valence-electron chi connectivity index (χ0n) is 9.55. The Kier molecular flexibility index (Phi) is 2.85. The maximum atomic E-state index is 5.61. The third-order valence-electron chi connectivity index (χ3n) is 2.74. The second kappa shape index (κ2) is 4.51. The molecule has 3 rings (SSSR count). The molecule has 0 aliphatic rings. The van der Waals surface area contributed by atoms with Crippen LogP contribution in [0.25, 0.3) is 17.0 Å². The largest absolute Gasteiger partial charge is 0.326 e. The molecule has 18 heavy (non-hydrogen) atoms. The van der Waals surface area contributed by atoms with Crippen LogP contribution in [0.4, 0.5) is 0 Å². The summed E-state index contributed by atoms with van der Waals surface area (Å²) in [6, 6.07) is 11.8. The van der Waals surface area contributed by atoms with Crippen molar-refractivity contribution in [3.63, 3.8) is 0 Å². The summed E-state index contributed by atoms with van der Waals surface area (Å²) in [4.78, 5) is 4.50. The van der Waals surface area contributed by atoms with Crippen molar-refractivity contribution in [2.24, 2.45) is 5.73 Å². The fraction of sp³-hybridized carbons (Fsp3) is 0.0769. The molecule has 5 heteroatoms. The molecule has 0 unspecified atom stereocenters. The molecule has 4 nitrogen and oxygen atoms in total. The van der Waals surface area contributed by atoms with Gasteiger partial charge in [0.15, 0.2) is 11.5 Å². The van der Waals surface area contributed by atoms with E-state index in [1.807, 2.05) is 42.6 Å². The standard InChI is InChI=1S/C13H11BrN4/c14-11-4-2-1-3-10(11)13-16-12-6-5-9(7-15)8-18(12)17-13/h1-6,8H,7,15H2. The number of halogens is 1. The van der Waals surface area contributed by atoms with Crippen molar-refractivity contribution in [2.45, 2.75) is 6.54 Å². The second-order valence-corrected chi connectivity index (χ2v) is 4.81. The van der Waals surface area contributed by atoms with E-state index in [-0.39, 0.29) is 0 Å². The van der Waals surface area contributed by atoms with Crippen LogP contribution in [0, 0.1) is 0 Å². The summed E-state index contributed by atoms with van der Waals surface area (Å²) in [5, 5.41) is 4.47. The van der Waals surface area contributed by atoms with E-state index in [1.54, 1.807) is 4.52 Å². The molecular weight excluding hydrogens is 292 g/mol. The summed E-state index contributed by atoms with van der Waals surface area (Å²) in [6.07, 6.45) is 1.91. The summed E-state index contributed by atoms with van der Waals surface area (Å²) in [5.41, 5.74) is 8.45. The Hall–Kier alpha value is -1.72. The normalized spacial score (nSPS) is 11.0. The minimum atomic E-state index is 0.500. The van der Waals surface area contributed by atoms with Crippen LogP contribution in [-0.2, 0) is 6.54 Å². The Morgan fingerprint density at radius 3 is 2.78 bits per heavy atom. The molecule has 0 radical (unpaired) electrons. The Bertz CT molecular complexity index is 705. The van der Waals surface area contributed by atoms with Crippen LogP contribution in [0.3, 0.4) is 0 Å². The first kappa shape index (κ1) is 11.4. The van der Waals surface area contributed by atoms with Crippen LogP contribution in [0.1, 0.15) is 5.56 Å². The van der Waals surface area contributed by atoms with Crippen molar-refractivity contribution in [1.82, 2.24) is 14.6 Å². The molecule has 2 N–H and O–H groups in total. The van der Waals surface area contributed by atoms with E-state index in [9.17, 15) is 0 Å². The molecule has 0 bridgehead atoms. The molecule has 2 aromatic heterocycles. The second-order valence-electron chi connectivity index (χ2n) is 3.96. The molecule has 90 valence electrons. The molecule has 0 amide bonds. The quantitative estimate of drug-likeness (QED) is 0.792. The molecule has 0 saturated heterocycles. The van der Waals surface area contributed by atoms with E-state index in [1.165, 1.54) is 0 Å². The number of benzene rings is 1. The molecule has 2 heterocycles. The fourth-order valence-corrected chi connectivity index (χ4v) is 2.27. The third-order valence-corrected chi connectivity index (χ3v) is 3.43. The molecule has 1 aromatic carbocycles. The van der Waals surface area contributed by atoms with Gasteiger partial charge < -0.3 is 5.73 Å². The highest BCUT2D eigenvalue weighted by atomic mass is 79.9. The fourth-order valence-electron chi connectivity index (χ4n) is 1.80. The Labute approximate surface area is 113 Å². The minimum absolute atomic E-state index is 0.500. The van der Waals surface area contributed by atoms with E-state index >= 15 is 0 Å². The van der Waals surface area contributed by atoms with Gasteiger partial charge >= 0.3 is 0 Å². The average molecular weight is 303 g/mol. The van der Waals surface area contributed by atoms with Crippen molar-refractivity contribution in [3.05, 3.63) is 52.6 Å². The lowest BCUT2D eigenvalue weighted by Crippen LogP contribution is -1.98. The Morgan fingerprint density at radius 1 is 1.17 bits per heavy atom. The van der Waals surface area contributed by atoms with Crippen LogP contribution in [-0.4, -0.2) is 14.6 Å². The zero-order chi connectivity index (χ0) is 12.5. The molecule has 0 aliphatic carbocycles. The minimum Gasteiger partial charge on any atom is -0.326 e. The monoisotopic (exact) mass is 302 g/mol. The maximum Gasteiger partial charge on any atom is 0.183 e. The van der Waals surface area contributed by atoms with Gasteiger partial charge in [0.25, 0.3) is 0 Å². The van der Waals surface area contributed by atoms with Gasteiger partial charge in [0.1, 0.15) is 0 Å². The lowest BCUT2D eigenvalue weighted by molar-refractivity contribution is 0.930. The molecule has 0 saturated carbocycles. The van der Waals surface area contributed by atoms with Crippen LogP contribution < -0.4 is 5.73 Å². The van der Waals surface area contributed by atoms with E-state index in [4.69, 9.17) is 5.73 Å². The first-order valence-corrected chi connectivity index (χ1v) is 6.37.